The van der Waals surface area contributed by atoms with Crippen molar-refractivity contribution in [2.24, 2.45) is 0 Å². The van der Waals surface area contributed by atoms with Gasteiger partial charge in [-0.1, -0.05) is 12.8 Å². The molecule has 2 heterocycles. The van der Waals surface area contributed by atoms with Crippen molar-refractivity contribution in [2.45, 2.75) is 38.6 Å². The van der Waals surface area contributed by atoms with Gasteiger partial charge in [0.15, 0.2) is 5.82 Å². The van der Waals surface area contributed by atoms with Gasteiger partial charge in [-0.05, 0) is 19.8 Å². The van der Waals surface area contributed by atoms with Crippen LogP contribution in [-0.4, -0.2) is 33.6 Å². The largest absolute Gasteiger partial charge is 0.480 e. The first-order valence-corrected chi connectivity index (χ1v) is 5.97. The Balaban J connectivity index is 2.32. The normalized spacial score (nSPS) is 21.0. The van der Waals surface area contributed by atoms with Gasteiger partial charge >= 0.3 is 5.97 Å². The molecule has 0 aromatic carbocycles. The van der Waals surface area contributed by atoms with Gasteiger partial charge in [0.2, 0.25) is 0 Å². The van der Waals surface area contributed by atoms with Crippen molar-refractivity contribution in [1.29, 1.82) is 0 Å². The van der Waals surface area contributed by atoms with Crippen molar-refractivity contribution in [1.82, 2.24) is 9.97 Å². The molecule has 1 aromatic rings. The summed E-state index contributed by atoms with van der Waals surface area (Å²) in [5, 5.41) is 9.30. The molecule has 0 saturated carbocycles. The molecule has 5 heteroatoms. The van der Waals surface area contributed by atoms with Crippen LogP contribution in [-0.2, 0) is 4.79 Å². The first-order chi connectivity index (χ1) is 8.20. The van der Waals surface area contributed by atoms with Crippen LogP contribution in [0.1, 0.15) is 31.4 Å². The van der Waals surface area contributed by atoms with Gasteiger partial charge in [-0.2, -0.15) is 0 Å². The average Bonchev–Trinajstić information content (AvgIpc) is 2.55. The summed E-state index contributed by atoms with van der Waals surface area (Å²) in [7, 11) is 0. The van der Waals surface area contributed by atoms with Gasteiger partial charge in [0, 0.05) is 18.9 Å². The Labute approximate surface area is 100 Å². The Morgan fingerprint density at radius 1 is 1.35 bits per heavy atom. The third-order valence-electron chi connectivity index (χ3n) is 3.17. The SMILES string of the molecule is Cc1nccnc1N1CCCCCC1C(=O)O. The lowest BCUT2D eigenvalue weighted by atomic mass is 10.1. The number of rotatable bonds is 2. The fraction of sp³-hybridized carbons (Fsp3) is 0.583. The van der Waals surface area contributed by atoms with Crippen molar-refractivity contribution in [3.05, 3.63) is 18.1 Å². The summed E-state index contributed by atoms with van der Waals surface area (Å²) in [6, 6.07) is -0.465. The maximum Gasteiger partial charge on any atom is 0.326 e. The zero-order chi connectivity index (χ0) is 12.3. The van der Waals surface area contributed by atoms with Gasteiger partial charge in [0.1, 0.15) is 6.04 Å². The minimum absolute atomic E-state index is 0.465. The zero-order valence-electron chi connectivity index (χ0n) is 9.96. The topological polar surface area (TPSA) is 66.3 Å². The van der Waals surface area contributed by atoms with Gasteiger partial charge in [-0.3, -0.25) is 4.98 Å². The van der Waals surface area contributed by atoms with Crippen LogP contribution in [0.4, 0.5) is 5.82 Å². The maximum absolute atomic E-state index is 11.3. The third kappa shape index (κ3) is 2.54. The number of aryl methyl sites for hydroxylation is 1. The standard InChI is InChI=1S/C12H17N3O2/c1-9-11(14-7-6-13-9)15-8-4-2-3-5-10(15)12(16)17/h6-7,10H,2-5,8H2,1H3,(H,16,17). The van der Waals surface area contributed by atoms with Crippen LogP contribution < -0.4 is 4.90 Å². The van der Waals surface area contributed by atoms with Gasteiger partial charge in [-0.15, -0.1) is 0 Å². The van der Waals surface area contributed by atoms with E-state index in [0.717, 1.165) is 31.5 Å². The highest BCUT2D eigenvalue weighted by Crippen LogP contribution is 2.24. The van der Waals surface area contributed by atoms with Crippen molar-refractivity contribution >= 4 is 11.8 Å². The van der Waals surface area contributed by atoms with Crippen LogP contribution >= 0.6 is 0 Å². The summed E-state index contributed by atoms with van der Waals surface area (Å²) in [6.45, 7) is 2.61. The molecule has 1 saturated heterocycles. The summed E-state index contributed by atoms with van der Waals surface area (Å²) in [6.07, 6.45) is 7.00. The quantitative estimate of drug-likeness (QED) is 0.843. The molecule has 0 aliphatic carbocycles. The van der Waals surface area contributed by atoms with Gasteiger partial charge < -0.3 is 10.0 Å². The average molecular weight is 235 g/mol. The number of hydrogen-bond donors (Lipinski definition) is 1. The second-order valence-electron chi connectivity index (χ2n) is 4.36. The van der Waals surface area contributed by atoms with Crippen molar-refractivity contribution in [3.8, 4) is 0 Å². The molecule has 92 valence electrons. The molecule has 0 amide bonds. The molecule has 1 unspecified atom stereocenters. The molecule has 1 aromatic heterocycles. The summed E-state index contributed by atoms with van der Waals surface area (Å²) in [5.41, 5.74) is 0.792. The van der Waals surface area contributed by atoms with Crippen LogP contribution in [0.25, 0.3) is 0 Å². The molecular weight excluding hydrogens is 218 g/mol. The number of hydrogen-bond acceptors (Lipinski definition) is 4. The minimum Gasteiger partial charge on any atom is -0.480 e. The summed E-state index contributed by atoms with van der Waals surface area (Å²) in [5.74, 6) is -0.0567. The predicted octanol–water partition coefficient (Wildman–Crippen LogP) is 1.62. The lowest BCUT2D eigenvalue weighted by Crippen LogP contribution is -2.41. The van der Waals surface area contributed by atoms with Crippen molar-refractivity contribution in [2.75, 3.05) is 11.4 Å². The van der Waals surface area contributed by atoms with E-state index < -0.39 is 12.0 Å². The lowest BCUT2D eigenvalue weighted by Gasteiger charge is -2.28. The highest BCUT2D eigenvalue weighted by atomic mass is 16.4. The van der Waals surface area contributed by atoms with Crippen LogP contribution in [0.2, 0.25) is 0 Å². The monoisotopic (exact) mass is 235 g/mol. The van der Waals surface area contributed by atoms with E-state index in [9.17, 15) is 9.90 Å². The van der Waals surface area contributed by atoms with E-state index in [1.54, 1.807) is 12.4 Å². The maximum atomic E-state index is 11.3. The number of nitrogens with zero attached hydrogens (tertiary/aromatic N) is 3. The molecule has 0 radical (unpaired) electrons. The van der Waals surface area contributed by atoms with E-state index in [2.05, 4.69) is 9.97 Å². The first-order valence-electron chi connectivity index (χ1n) is 5.97. The molecule has 5 nitrogen and oxygen atoms in total. The van der Waals surface area contributed by atoms with E-state index in [-0.39, 0.29) is 0 Å². The highest BCUT2D eigenvalue weighted by Gasteiger charge is 2.29. The molecule has 1 N–H and O–H groups in total. The number of aromatic nitrogens is 2. The van der Waals surface area contributed by atoms with E-state index in [0.29, 0.717) is 12.2 Å². The second-order valence-corrected chi connectivity index (χ2v) is 4.36. The Morgan fingerprint density at radius 3 is 2.82 bits per heavy atom. The fourth-order valence-electron chi connectivity index (χ4n) is 2.30. The van der Waals surface area contributed by atoms with Crippen molar-refractivity contribution in [3.63, 3.8) is 0 Å². The molecule has 1 atom stereocenters. The summed E-state index contributed by atoms with van der Waals surface area (Å²) >= 11 is 0. The molecule has 0 bridgehead atoms. The second kappa shape index (κ2) is 5.12. The van der Waals surface area contributed by atoms with E-state index in [1.165, 1.54) is 0 Å². The smallest absolute Gasteiger partial charge is 0.326 e. The van der Waals surface area contributed by atoms with Crippen LogP contribution in [0.5, 0.6) is 0 Å². The summed E-state index contributed by atoms with van der Waals surface area (Å²) < 4.78 is 0. The number of aliphatic carboxylic acids is 1. The van der Waals surface area contributed by atoms with Crippen LogP contribution in [0, 0.1) is 6.92 Å². The lowest BCUT2D eigenvalue weighted by molar-refractivity contribution is -0.138. The molecule has 1 fully saturated rings. The number of anilines is 1. The van der Waals surface area contributed by atoms with Crippen LogP contribution in [0.15, 0.2) is 12.4 Å². The van der Waals surface area contributed by atoms with Gasteiger partial charge in [-0.25, -0.2) is 9.78 Å². The van der Waals surface area contributed by atoms with Crippen molar-refractivity contribution < 1.29 is 9.90 Å². The molecule has 2 rings (SSSR count). The zero-order valence-corrected chi connectivity index (χ0v) is 9.96. The fourth-order valence-corrected chi connectivity index (χ4v) is 2.30. The molecule has 17 heavy (non-hydrogen) atoms. The number of carboxylic acids is 1. The Morgan fingerprint density at radius 2 is 2.12 bits per heavy atom. The number of carboxylic acid groups (broad SMARTS) is 1. The van der Waals surface area contributed by atoms with Gasteiger partial charge in [0.25, 0.3) is 0 Å². The third-order valence-corrected chi connectivity index (χ3v) is 3.17. The molecule has 1 aliphatic heterocycles. The Hall–Kier alpha value is -1.65. The highest BCUT2D eigenvalue weighted by molar-refractivity contribution is 5.78. The predicted molar refractivity (Wildman–Crippen MR) is 64.0 cm³/mol. The first kappa shape index (κ1) is 11.8. The Bertz CT molecular complexity index is 408. The van der Waals surface area contributed by atoms with E-state index in [1.807, 2.05) is 11.8 Å². The minimum atomic E-state index is -0.767. The van der Waals surface area contributed by atoms with E-state index >= 15 is 0 Å². The van der Waals surface area contributed by atoms with Crippen LogP contribution in [0.3, 0.4) is 0 Å². The molecule has 0 spiro atoms. The van der Waals surface area contributed by atoms with Gasteiger partial charge in [0.05, 0.1) is 5.69 Å². The van der Waals surface area contributed by atoms with E-state index in [4.69, 9.17) is 0 Å². The molecular formula is C12H17N3O2. The molecule has 1 aliphatic rings. The summed E-state index contributed by atoms with van der Waals surface area (Å²) in [4.78, 5) is 21.7. The number of carbonyl (C=O) groups is 1. The Kier molecular flexibility index (Phi) is 3.56.